The van der Waals surface area contributed by atoms with E-state index in [2.05, 4.69) is 42.8 Å². The van der Waals surface area contributed by atoms with Crippen LogP contribution >= 0.6 is 11.6 Å². The highest BCUT2D eigenvalue weighted by Gasteiger charge is 2.03. The third kappa shape index (κ3) is 4.61. The first-order chi connectivity index (χ1) is 9.78. The first kappa shape index (κ1) is 14.4. The van der Waals surface area contributed by atoms with Crippen LogP contribution in [0.4, 0.5) is 11.9 Å². The van der Waals surface area contributed by atoms with Crippen LogP contribution in [0.3, 0.4) is 0 Å². The molecule has 0 aliphatic rings. The second kappa shape index (κ2) is 7.59. The molecule has 0 amide bonds. The van der Waals surface area contributed by atoms with Crippen LogP contribution in [0.5, 0.6) is 0 Å². The van der Waals surface area contributed by atoms with Crippen LogP contribution in [0, 0.1) is 0 Å². The van der Waals surface area contributed by atoms with E-state index < -0.39 is 0 Å². The highest BCUT2D eigenvalue weighted by atomic mass is 35.5. The van der Waals surface area contributed by atoms with E-state index in [0.29, 0.717) is 18.4 Å². The van der Waals surface area contributed by atoms with Gasteiger partial charge in [-0.3, -0.25) is 4.68 Å². The lowest BCUT2D eigenvalue weighted by Gasteiger charge is -2.07. The Bertz CT molecular complexity index is 515. The van der Waals surface area contributed by atoms with E-state index in [1.165, 1.54) is 0 Å². The van der Waals surface area contributed by atoms with Crippen LogP contribution in [-0.2, 0) is 6.54 Å². The molecule has 0 spiro atoms. The zero-order valence-electron chi connectivity index (χ0n) is 11.3. The van der Waals surface area contributed by atoms with Crippen molar-refractivity contribution in [3.8, 4) is 0 Å². The summed E-state index contributed by atoms with van der Waals surface area (Å²) < 4.78 is 1.77. The van der Waals surface area contributed by atoms with Crippen LogP contribution in [0.15, 0.2) is 12.4 Å². The molecular weight excluding hydrogens is 280 g/mol. The Hall–Kier alpha value is -1.96. The van der Waals surface area contributed by atoms with Gasteiger partial charge in [0.05, 0.1) is 6.20 Å². The predicted molar refractivity (Wildman–Crippen MR) is 76.7 cm³/mol. The zero-order chi connectivity index (χ0) is 14.2. The Kier molecular flexibility index (Phi) is 5.48. The van der Waals surface area contributed by atoms with Gasteiger partial charge in [0.2, 0.25) is 17.2 Å². The van der Waals surface area contributed by atoms with E-state index in [0.717, 1.165) is 25.9 Å². The van der Waals surface area contributed by atoms with Crippen molar-refractivity contribution in [1.29, 1.82) is 0 Å². The lowest BCUT2D eigenvalue weighted by atomic mass is 10.4. The first-order valence-corrected chi connectivity index (χ1v) is 6.89. The normalized spacial score (nSPS) is 10.5. The van der Waals surface area contributed by atoms with Gasteiger partial charge in [0.25, 0.3) is 0 Å². The summed E-state index contributed by atoms with van der Waals surface area (Å²) in [7, 11) is 0. The van der Waals surface area contributed by atoms with Gasteiger partial charge in [-0.15, -0.1) is 5.10 Å². The summed E-state index contributed by atoms with van der Waals surface area (Å²) in [5.74, 6) is 0.966. The molecule has 2 rings (SSSR count). The van der Waals surface area contributed by atoms with Gasteiger partial charge in [-0.05, 0) is 24.4 Å². The van der Waals surface area contributed by atoms with E-state index in [-0.39, 0.29) is 5.28 Å². The maximum Gasteiger partial charge on any atom is 0.228 e. The molecule has 0 aliphatic carbocycles. The SMILES string of the molecule is CCCNc1nc(Cl)nc(NCCCn2ccnn2)n1. The van der Waals surface area contributed by atoms with E-state index in [1.54, 1.807) is 10.9 Å². The molecule has 0 aliphatic heterocycles. The molecule has 2 N–H and O–H groups in total. The van der Waals surface area contributed by atoms with Gasteiger partial charge in [0.1, 0.15) is 0 Å². The summed E-state index contributed by atoms with van der Waals surface area (Å²) in [6.45, 7) is 4.37. The number of hydrogen-bond acceptors (Lipinski definition) is 7. The van der Waals surface area contributed by atoms with Crippen LogP contribution in [0.25, 0.3) is 0 Å². The number of halogens is 1. The molecular formula is C11H17ClN8. The summed E-state index contributed by atoms with van der Waals surface area (Å²) in [6.07, 6.45) is 5.35. The van der Waals surface area contributed by atoms with Crippen LogP contribution < -0.4 is 10.6 Å². The van der Waals surface area contributed by atoms with Crippen molar-refractivity contribution in [1.82, 2.24) is 29.9 Å². The van der Waals surface area contributed by atoms with Gasteiger partial charge in [-0.1, -0.05) is 12.1 Å². The average Bonchev–Trinajstić information content (AvgIpc) is 2.94. The molecule has 0 fully saturated rings. The number of anilines is 2. The van der Waals surface area contributed by atoms with Crippen molar-refractivity contribution in [3.05, 3.63) is 17.7 Å². The topological polar surface area (TPSA) is 93.4 Å². The van der Waals surface area contributed by atoms with Crippen molar-refractivity contribution in [3.63, 3.8) is 0 Å². The minimum absolute atomic E-state index is 0.178. The molecule has 0 saturated carbocycles. The number of aromatic nitrogens is 6. The minimum Gasteiger partial charge on any atom is -0.354 e. The summed E-state index contributed by atoms with van der Waals surface area (Å²) in [5.41, 5.74) is 0. The maximum absolute atomic E-state index is 5.86. The highest BCUT2D eigenvalue weighted by molar-refractivity contribution is 6.28. The van der Waals surface area contributed by atoms with Crippen molar-refractivity contribution < 1.29 is 0 Å². The monoisotopic (exact) mass is 296 g/mol. The van der Waals surface area contributed by atoms with Crippen molar-refractivity contribution >= 4 is 23.5 Å². The van der Waals surface area contributed by atoms with E-state index >= 15 is 0 Å². The zero-order valence-corrected chi connectivity index (χ0v) is 12.0. The lowest BCUT2D eigenvalue weighted by molar-refractivity contribution is 0.569. The van der Waals surface area contributed by atoms with Gasteiger partial charge < -0.3 is 10.6 Å². The molecule has 8 nitrogen and oxygen atoms in total. The van der Waals surface area contributed by atoms with Crippen LogP contribution in [0.1, 0.15) is 19.8 Å². The highest BCUT2D eigenvalue weighted by Crippen LogP contribution is 2.09. The molecule has 0 bridgehead atoms. The Morgan fingerprint density at radius 1 is 1.15 bits per heavy atom. The molecule has 20 heavy (non-hydrogen) atoms. The minimum atomic E-state index is 0.178. The average molecular weight is 297 g/mol. The molecule has 0 radical (unpaired) electrons. The van der Waals surface area contributed by atoms with Gasteiger partial charge in [-0.25, -0.2) is 0 Å². The van der Waals surface area contributed by atoms with Gasteiger partial charge >= 0.3 is 0 Å². The standard InChI is InChI=1S/C11H17ClN8/c1-2-4-13-10-16-9(12)17-11(18-10)14-5-3-7-20-8-6-15-19-20/h6,8H,2-5,7H2,1H3,(H2,13,14,16,17,18). The quantitative estimate of drug-likeness (QED) is 0.712. The molecule has 0 saturated heterocycles. The number of nitrogens with one attached hydrogen (secondary N) is 2. The molecule has 2 aromatic heterocycles. The Balaban J connectivity index is 1.80. The molecule has 2 heterocycles. The fraction of sp³-hybridized carbons (Fsp3) is 0.545. The molecule has 9 heteroatoms. The van der Waals surface area contributed by atoms with Crippen molar-refractivity contribution in [2.45, 2.75) is 26.3 Å². The first-order valence-electron chi connectivity index (χ1n) is 6.51. The predicted octanol–water partition coefficient (Wildman–Crippen LogP) is 1.44. The second-order valence-electron chi connectivity index (χ2n) is 4.12. The molecule has 0 atom stereocenters. The van der Waals surface area contributed by atoms with Gasteiger partial charge in [-0.2, -0.15) is 15.0 Å². The largest absolute Gasteiger partial charge is 0.354 e. The van der Waals surface area contributed by atoms with E-state index in [1.807, 2.05) is 6.20 Å². The number of hydrogen-bond donors (Lipinski definition) is 2. The van der Waals surface area contributed by atoms with Crippen LogP contribution in [0.2, 0.25) is 5.28 Å². The third-order valence-electron chi connectivity index (χ3n) is 2.46. The molecule has 2 aromatic rings. The summed E-state index contributed by atoms with van der Waals surface area (Å²) in [6, 6.07) is 0. The lowest BCUT2D eigenvalue weighted by Crippen LogP contribution is -2.12. The Morgan fingerprint density at radius 2 is 1.90 bits per heavy atom. The summed E-state index contributed by atoms with van der Waals surface area (Å²) >= 11 is 5.86. The number of aryl methyl sites for hydroxylation is 1. The molecule has 108 valence electrons. The summed E-state index contributed by atoms with van der Waals surface area (Å²) in [5, 5.41) is 14.0. The van der Waals surface area contributed by atoms with Gasteiger partial charge in [0, 0.05) is 25.8 Å². The molecule has 0 unspecified atom stereocenters. The second-order valence-corrected chi connectivity index (χ2v) is 4.46. The number of rotatable bonds is 8. The van der Waals surface area contributed by atoms with Gasteiger partial charge in [0.15, 0.2) is 0 Å². The van der Waals surface area contributed by atoms with Crippen molar-refractivity contribution in [2.75, 3.05) is 23.7 Å². The van der Waals surface area contributed by atoms with Crippen LogP contribution in [-0.4, -0.2) is 43.0 Å². The Morgan fingerprint density at radius 3 is 2.55 bits per heavy atom. The fourth-order valence-electron chi connectivity index (χ4n) is 1.54. The van der Waals surface area contributed by atoms with E-state index in [9.17, 15) is 0 Å². The molecule has 0 aromatic carbocycles. The fourth-order valence-corrected chi connectivity index (χ4v) is 1.70. The number of nitrogens with zero attached hydrogens (tertiary/aromatic N) is 6. The van der Waals surface area contributed by atoms with E-state index in [4.69, 9.17) is 11.6 Å². The van der Waals surface area contributed by atoms with Crippen molar-refractivity contribution in [2.24, 2.45) is 0 Å². The third-order valence-corrected chi connectivity index (χ3v) is 2.63. The summed E-state index contributed by atoms with van der Waals surface area (Å²) in [4.78, 5) is 12.3. The maximum atomic E-state index is 5.86. The Labute approximate surface area is 122 Å². The smallest absolute Gasteiger partial charge is 0.228 e.